The third-order valence-corrected chi connectivity index (χ3v) is 8.13. The van der Waals surface area contributed by atoms with E-state index in [0.29, 0.717) is 17.3 Å². The Labute approximate surface area is 124 Å². The third kappa shape index (κ3) is 2.24. The summed E-state index contributed by atoms with van der Waals surface area (Å²) in [6.07, 6.45) is 1.20. The smallest absolute Gasteiger partial charge is 0.325 e. The quantitative estimate of drug-likeness (QED) is 0.886. The number of carbonyl (C=O) groups is 1. The van der Waals surface area contributed by atoms with Crippen molar-refractivity contribution in [1.82, 2.24) is 4.31 Å². The average Bonchev–Trinajstić information content (AvgIpc) is 2.95. The molecule has 0 spiro atoms. The summed E-state index contributed by atoms with van der Waals surface area (Å²) in [5, 5.41) is 11.1. The van der Waals surface area contributed by atoms with E-state index in [9.17, 15) is 18.3 Å². The van der Waals surface area contributed by atoms with Gasteiger partial charge >= 0.3 is 5.97 Å². The molecule has 0 radical (unpaired) electrons. The zero-order chi connectivity index (χ0) is 14.3. The highest BCUT2D eigenvalue weighted by atomic mass is 79.9. The minimum Gasteiger partial charge on any atom is -0.480 e. The molecule has 2 heterocycles. The molecule has 1 aromatic rings. The van der Waals surface area contributed by atoms with Crippen molar-refractivity contribution >= 4 is 43.3 Å². The molecule has 0 aliphatic carbocycles. The molecule has 106 valence electrons. The van der Waals surface area contributed by atoms with E-state index in [0.717, 1.165) is 15.6 Å². The highest BCUT2D eigenvalue weighted by Gasteiger charge is 2.52. The van der Waals surface area contributed by atoms with Crippen LogP contribution in [-0.2, 0) is 14.8 Å². The van der Waals surface area contributed by atoms with Gasteiger partial charge in [-0.2, -0.15) is 4.31 Å². The molecular weight excluding hydrogens is 354 g/mol. The maximum atomic E-state index is 12.6. The van der Waals surface area contributed by atoms with E-state index in [1.54, 1.807) is 18.4 Å². The van der Waals surface area contributed by atoms with Crippen molar-refractivity contribution in [1.29, 1.82) is 0 Å². The van der Waals surface area contributed by atoms with Crippen LogP contribution in [0.5, 0.6) is 0 Å². The van der Waals surface area contributed by atoms with Crippen LogP contribution in [-0.4, -0.2) is 35.9 Å². The summed E-state index contributed by atoms with van der Waals surface area (Å²) in [4.78, 5) is 11.6. The summed E-state index contributed by atoms with van der Waals surface area (Å²) in [6, 6.07) is 1.65. The maximum absolute atomic E-state index is 12.6. The number of aliphatic carboxylic acids is 1. The van der Waals surface area contributed by atoms with Gasteiger partial charge in [-0.15, -0.1) is 11.3 Å². The second-order valence-corrected chi connectivity index (χ2v) is 8.26. The molecule has 8 heteroatoms. The molecule has 1 aliphatic rings. The lowest BCUT2D eigenvalue weighted by Crippen LogP contribution is -2.52. The predicted octanol–water partition coefficient (Wildman–Crippen LogP) is 2.53. The lowest BCUT2D eigenvalue weighted by atomic mass is 9.95. The molecule has 1 aromatic heterocycles. The van der Waals surface area contributed by atoms with Gasteiger partial charge in [0.2, 0.25) is 0 Å². The van der Waals surface area contributed by atoms with Gasteiger partial charge in [-0.3, -0.25) is 4.79 Å². The molecule has 1 N–H and O–H groups in total. The summed E-state index contributed by atoms with van der Waals surface area (Å²) in [7, 11) is -3.77. The van der Waals surface area contributed by atoms with Crippen LogP contribution in [0.4, 0.5) is 0 Å². The van der Waals surface area contributed by atoms with Gasteiger partial charge < -0.3 is 5.11 Å². The normalized spacial score (nSPS) is 24.7. The van der Waals surface area contributed by atoms with Crippen LogP contribution in [0.2, 0.25) is 0 Å². The number of rotatable bonds is 4. The van der Waals surface area contributed by atoms with E-state index < -0.39 is 21.5 Å². The maximum Gasteiger partial charge on any atom is 0.325 e. The van der Waals surface area contributed by atoms with Crippen molar-refractivity contribution in [2.45, 2.75) is 35.9 Å². The van der Waals surface area contributed by atoms with Crippen LogP contribution in [0.15, 0.2) is 20.1 Å². The first-order valence-corrected chi connectivity index (χ1v) is 8.97. The molecule has 5 nitrogen and oxygen atoms in total. The first-order valence-electron chi connectivity index (χ1n) is 5.85. The Balaban J connectivity index is 2.52. The Morgan fingerprint density at radius 1 is 1.63 bits per heavy atom. The van der Waals surface area contributed by atoms with Gasteiger partial charge in [0.1, 0.15) is 9.75 Å². The molecular formula is C11H14BrNO4S2. The highest BCUT2D eigenvalue weighted by Crippen LogP contribution is 2.40. The topological polar surface area (TPSA) is 74.7 Å². The fourth-order valence-corrected chi connectivity index (χ4v) is 6.76. The van der Waals surface area contributed by atoms with Gasteiger partial charge in [0.05, 0.1) is 0 Å². The number of halogens is 1. The van der Waals surface area contributed by atoms with Gasteiger partial charge in [-0.05, 0) is 46.6 Å². The second kappa shape index (κ2) is 5.16. The SMILES string of the molecule is CCC1(C(=O)O)CCCN1S(=O)(=O)c1sccc1Br. The number of carboxylic acids is 1. The lowest BCUT2D eigenvalue weighted by Gasteiger charge is -2.32. The fraction of sp³-hybridized carbons (Fsp3) is 0.545. The zero-order valence-corrected chi connectivity index (χ0v) is 13.5. The minimum atomic E-state index is -3.77. The van der Waals surface area contributed by atoms with Crippen molar-refractivity contribution in [3.8, 4) is 0 Å². The van der Waals surface area contributed by atoms with E-state index in [1.165, 1.54) is 0 Å². The van der Waals surface area contributed by atoms with Gasteiger partial charge in [0.15, 0.2) is 0 Å². The monoisotopic (exact) mass is 367 g/mol. The number of thiophene rings is 1. The van der Waals surface area contributed by atoms with Crippen molar-refractivity contribution in [3.05, 3.63) is 15.9 Å². The number of carboxylic acid groups (broad SMARTS) is 1. The van der Waals surface area contributed by atoms with E-state index in [1.807, 2.05) is 0 Å². The Hall–Kier alpha value is -0.440. The molecule has 1 saturated heterocycles. The molecule has 1 aliphatic heterocycles. The van der Waals surface area contributed by atoms with Crippen LogP contribution < -0.4 is 0 Å². The van der Waals surface area contributed by atoms with E-state index in [-0.39, 0.29) is 17.2 Å². The molecule has 0 amide bonds. The summed E-state index contributed by atoms with van der Waals surface area (Å²) < 4.78 is 27.1. The van der Waals surface area contributed by atoms with Gasteiger partial charge in [-0.25, -0.2) is 8.42 Å². The second-order valence-electron chi connectivity index (χ2n) is 4.43. The van der Waals surface area contributed by atoms with Crippen LogP contribution in [0.3, 0.4) is 0 Å². The minimum absolute atomic E-state index is 0.175. The van der Waals surface area contributed by atoms with E-state index in [2.05, 4.69) is 15.9 Å². The Morgan fingerprint density at radius 3 is 2.79 bits per heavy atom. The van der Waals surface area contributed by atoms with Crippen molar-refractivity contribution in [3.63, 3.8) is 0 Å². The summed E-state index contributed by atoms with van der Waals surface area (Å²) in [5.74, 6) is -1.07. The summed E-state index contributed by atoms with van der Waals surface area (Å²) >= 11 is 4.30. The number of sulfonamides is 1. The summed E-state index contributed by atoms with van der Waals surface area (Å²) in [5.41, 5.74) is -1.30. The molecule has 19 heavy (non-hydrogen) atoms. The largest absolute Gasteiger partial charge is 0.480 e. The first-order chi connectivity index (χ1) is 8.86. The van der Waals surface area contributed by atoms with Crippen LogP contribution >= 0.6 is 27.3 Å². The number of hydrogen-bond acceptors (Lipinski definition) is 4. The molecule has 1 unspecified atom stereocenters. The summed E-state index contributed by atoms with van der Waals surface area (Å²) in [6.45, 7) is 1.97. The highest BCUT2D eigenvalue weighted by molar-refractivity contribution is 9.10. The number of hydrogen-bond donors (Lipinski definition) is 1. The molecule has 0 aromatic carbocycles. The van der Waals surface area contributed by atoms with Crippen molar-refractivity contribution in [2.24, 2.45) is 0 Å². The third-order valence-electron chi connectivity index (χ3n) is 3.52. The van der Waals surface area contributed by atoms with Gasteiger partial charge in [-0.1, -0.05) is 6.92 Å². The van der Waals surface area contributed by atoms with Crippen LogP contribution in [0.1, 0.15) is 26.2 Å². The van der Waals surface area contributed by atoms with E-state index in [4.69, 9.17) is 0 Å². The molecule has 2 rings (SSSR count). The molecule has 1 atom stereocenters. The standard InChI is InChI=1S/C11H14BrNO4S2/c1-2-11(10(14)15)5-3-6-13(11)19(16,17)9-8(12)4-7-18-9/h4,7H,2-3,5-6H2,1H3,(H,14,15). The van der Waals surface area contributed by atoms with Crippen LogP contribution in [0.25, 0.3) is 0 Å². The van der Waals surface area contributed by atoms with Gasteiger partial charge in [0.25, 0.3) is 10.0 Å². The first kappa shape index (κ1) is 15.0. The Bertz CT molecular complexity index is 598. The van der Waals surface area contributed by atoms with Crippen molar-refractivity contribution in [2.75, 3.05) is 6.54 Å². The Morgan fingerprint density at radius 2 is 2.32 bits per heavy atom. The zero-order valence-electron chi connectivity index (χ0n) is 10.3. The average molecular weight is 368 g/mol. The number of nitrogens with zero attached hydrogens (tertiary/aromatic N) is 1. The Kier molecular flexibility index (Phi) is 4.06. The molecule has 1 fully saturated rings. The predicted molar refractivity (Wildman–Crippen MR) is 75.8 cm³/mol. The lowest BCUT2D eigenvalue weighted by molar-refractivity contribution is -0.147. The fourth-order valence-electron chi connectivity index (χ4n) is 2.49. The molecule has 0 bridgehead atoms. The van der Waals surface area contributed by atoms with Crippen molar-refractivity contribution < 1.29 is 18.3 Å². The van der Waals surface area contributed by atoms with E-state index >= 15 is 0 Å². The van der Waals surface area contributed by atoms with Crippen LogP contribution in [0, 0.1) is 0 Å². The van der Waals surface area contributed by atoms with Gasteiger partial charge in [0, 0.05) is 11.0 Å². The molecule has 0 saturated carbocycles.